The van der Waals surface area contributed by atoms with Crippen LogP contribution in [0, 0.1) is 0 Å². The van der Waals surface area contributed by atoms with Gasteiger partial charge in [0.1, 0.15) is 16.5 Å². The molecule has 3 nitrogen and oxygen atoms in total. The minimum atomic E-state index is -1.62. The van der Waals surface area contributed by atoms with Crippen molar-refractivity contribution < 1.29 is 9.90 Å². The summed E-state index contributed by atoms with van der Waals surface area (Å²) in [7, 11) is -3.23. The van der Waals surface area contributed by atoms with E-state index in [4.69, 9.17) is 17.3 Å². The lowest BCUT2D eigenvalue weighted by Gasteiger charge is -2.47. The summed E-state index contributed by atoms with van der Waals surface area (Å²) < 4.78 is 2.41. The number of carboxylic acids is 1. The van der Waals surface area contributed by atoms with E-state index in [9.17, 15) is 4.79 Å². The zero-order chi connectivity index (χ0) is 14.7. The first-order chi connectivity index (χ1) is 7.85. The van der Waals surface area contributed by atoms with Gasteiger partial charge in [-0.05, 0) is 11.8 Å². The van der Waals surface area contributed by atoms with Gasteiger partial charge < -0.3 is 9.34 Å². The molecule has 0 aliphatic carbocycles. The summed E-state index contributed by atoms with van der Waals surface area (Å²) in [4.78, 5) is 11.9. The monoisotopic (exact) mass is 303 g/mol. The largest absolute Gasteiger partial charge is 0.478 e. The maximum Gasteiger partial charge on any atom is 0.330 e. The van der Waals surface area contributed by atoms with E-state index in [-0.39, 0.29) is 0 Å². The fourth-order valence-corrected chi connectivity index (χ4v) is 12.7. The second-order valence-corrected chi connectivity index (χ2v) is 17.3. The van der Waals surface area contributed by atoms with Gasteiger partial charge in [-0.1, -0.05) is 51.5 Å². The van der Waals surface area contributed by atoms with Crippen molar-refractivity contribution in [2.24, 2.45) is 0 Å². The molecule has 0 atom stereocenters. The lowest BCUT2D eigenvalue weighted by Crippen LogP contribution is -2.58. The second-order valence-electron chi connectivity index (χ2n) is 6.53. The van der Waals surface area contributed by atoms with Gasteiger partial charge in [0, 0.05) is 18.2 Å². The van der Waals surface area contributed by atoms with E-state index in [1.54, 1.807) is 0 Å². The van der Waals surface area contributed by atoms with Gasteiger partial charge in [-0.25, -0.2) is 4.79 Å². The average Bonchev–Trinajstić information content (AvgIpc) is 1.93. The first-order valence-electron chi connectivity index (χ1n) is 6.09. The van der Waals surface area contributed by atoms with Crippen molar-refractivity contribution >= 4 is 39.5 Å². The molecule has 6 heteroatoms. The first-order valence-corrected chi connectivity index (χ1v) is 13.4. The number of nitrogens with zero attached hydrogens (tertiary/aromatic N) is 1. The lowest BCUT2D eigenvalue weighted by molar-refractivity contribution is -0.131. The topological polar surface area (TPSA) is 40.5 Å². The van der Waals surface area contributed by atoms with Gasteiger partial charge in [-0.3, -0.25) is 0 Å². The Morgan fingerprint density at radius 1 is 1.17 bits per heavy atom. The molecule has 0 saturated carbocycles. The molecule has 0 aliphatic rings. The molecule has 0 aromatic carbocycles. The highest BCUT2D eigenvalue weighted by molar-refractivity contribution is 7.80. The molecule has 0 saturated heterocycles. The van der Waals surface area contributed by atoms with Gasteiger partial charge in [0.2, 0.25) is 0 Å². The number of thiocarbonyl (C=S) groups is 1. The predicted molar refractivity (Wildman–Crippen MR) is 87.1 cm³/mol. The van der Waals surface area contributed by atoms with Crippen LogP contribution in [0.5, 0.6) is 0 Å². The average molecular weight is 304 g/mol. The minimum Gasteiger partial charge on any atom is -0.478 e. The van der Waals surface area contributed by atoms with Gasteiger partial charge in [0.25, 0.3) is 0 Å². The van der Waals surface area contributed by atoms with Crippen molar-refractivity contribution in [3.05, 3.63) is 11.8 Å². The Morgan fingerprint density at radius 3 is 1.78 bits per heavy atom. The van der Waals surface area contributed by atoms with Crippen molar-refractivity contribution in [2.45, 2.75) is 52.6 Å². The molecule has 0 fully saturated rings. The molecule has 0 bridgehead atoms. The van der Waals surface area contributed by atoms with E-state index in [1.807, 2.05) is 6.92 Å². The van der Waals surface area contributed by atoms with Gasteiger partial charge in [-0.2, -0.15) is 0 Å². The Hall–Kier alpha value is -0.466. The van der Waals surface area contributed by atoms with Crippen LogP contribution in [0.2, 0.25) is 39.3 Å². The number of carboxylic acid groups (broad SMARTS) is 1. The van der Waals surface area contributed by atoms with E-state index in [2.05, 4.69) is 43.5 Å². The fourth-order valence-electron chi connectivity index (χ4n) is 2.46. The second kappa shape index (κ2) is 6.12. The third-order valence-corrected chi connectivity index (χ3v) is 9.78. The summed E-state index contributed by atoms with van der Waals surface area (Å²) in [6.45, 7) is 15.4. The number of aliphatic carboxylic acids is 1. The van der Waals surface area contributed by atoms with Crippen LogP contribution in [0.15, 0.2) is 11.8 Å². The number of rotatable bonds is 6. The molecule has 104 valence electrons. The summed E-state index contributed by atoms with van der Waals surface area (Å²) in [5.41, 5.74) is 0.883. The highest BCUT2D eigenvalue weighted by Crippen LogP contribution is 2.27. The van der Waals surface area contributed by atoms with Crippen LogP contribution in [-0.2, 0) is 4.79 Å². The highest BCUT2D eigenvalue weighted by atomic mass is 32.1. The Labute approximate surface area is 118 Å². The lowest BCUT2D eigenvalue weighted by atomic mass is 10.2. The zero-order valence-electron chi connectivity index (χ0n) is 12.5. The third kappa shape index (κ3) is 5.92. The maximum absolute atomic E-state index is 11.0. The normalized spacial score (nSPS) is 13.4. The van der Waals surface area contributed by atoms with E-state index < -0.39 is 22.4 Å². The smallest absolute Gasteiger partial charge is 0.330 e. The number of carbonyl (C=O) groups is 1. The van der Waals surface area contributed by atoms with Crippen molar-refractivity contribution in [1.29, 1.82) is 0 Å². The van der Waals surface area contributed by atoms with Gasteiger partial charge in [-0.15, -0.1) is 0 Å². The minimum absolute atomic E-state index is 0.580. The maximum atomic E-state index is 11.0. The predicted octanol–water partition coefficient (Wildman–Crippen LogP) is 3.71. The molecular weight excluding hydrogens is 278 g/mol. The number of hydrogen-bond donors (Lipinski definition) is 1. The zero-order valence-corrected chi connectivity index (χ0v) is 15.3. The van der Waals surface area contributed by atoms with Gasteiger partial charge in [0.15, 0.2) is 0 Å². The molecule has 0 radical (unpaired) electrons. The van der Waals surface area contributed by atoms with Crippen LogP contribution in [0.4, 0.5) is 0 Å². The molecule has 0 spiro atoms. The molecule has 0 aromatic heterocycles. The van der Waals surface area contributed by atoms with Crippen molar-refractivity contribution in [2.75, 3.05) is 0 Å². The van der Waals surface area contributed by atoms with Crippen LogP contribution < -0.4 is 0 Å². The fraction of sp³-hybridized carbons (Fsp3) is 0.667. The van der Waals surface area contributed by atoms with Crippen molar-refractivity contribution in [1.82, 2.24) is 4.23 Å². The van der Waals surface area contributed by atoms with Crippen LogP contribution in [0.3, 0.4) is 0 Å². The van der Waals surface area contributed by atoms with Gasteiger partial charge >= 0.3 is 5.97 Å². The molecule has 0 rings (SSSR count). The third-order valence-electron chi connectivity index (χ3n) is 2.35. The summed E-state index contributed by atoms with van der Waals surface area (Å²) >= 11 is 5.16. The van der Waals surface area contributed by atoms with Crippen LogP contribution in [0.25, 0.3) is 0 Å². The van der Waals surface area contributed by atoms with E-state index >= 15 is 0 Å². The van der Waals surface area contributed by atoms with Crippen LogP contribution in [-0.4, -0.2) is 36.6 Å². The Kier molecular flexibility index (Phi) is 5.96. The molecule has 0 amide bonds. The van der Waals surface area contributed by atoms with Crippen LogP contribution >= 0.6 is 12.2 Å². The van der Waals surface area contributed by atoms with Crippen molar-refractivity contribution in [3.8, 4) is 0 Å². The molecular formula is C12H25NO2SSi2. The molecule has 0 aliphatic heterocycles. The quantitative estimate of drug-likeness (QED) is 0.461. The van der Waals surface area contributed by atoms with Crippen LogP contribution in [0.1, 0.15) is 13.3 Å². The Bertz CT molecular complexity index is 353. The molecule has 0 unspecified atom stereocenters. The van der Waals surface area contributed by atoms with Crippen molar-refractivity contribution in [3.63, 3.8) is 0 Å². The summed E-state index contributed by atoms with van der Waals surface area (Å²) in [6, 6.07) is 0. The summed E-state index contributed by atoms with van der Waals surface area (Å²) in [6.07, 6.45) is 1.92. The number of hydrogen-bond acceptors (Lipinski definition) is 3. The van der Waals surface area contributed by atoms with E-state index in [0.717, 1.165) is 10.6 Å². The van der Waals surface area contributed by atoms with Gasteiger partial charge in [0.05, 0.1) is 0 Å². The standard InChI is InChI=1S/C12H25NO2SSi2/c1-10(16)8-11(9-12(14)15)13(17(2,3)4)18(5,6)7/h9H,8H2,1-7H3,(H,14,15). The molecule has 18 heavy (non-hydrogen) atoms. The summed E-state index contributed by atoms with van der Waals surface area (Å²) in [5.74, 6) is -0.886. The SMILES string of the molecule is CC(=S)CC(=CC(=O)O)N([Si](C)(C)C)[Si](C)(C)C. The first kappa shape index (κ1) is 17.5. The number of allylic oxidation sites excluding steroid dienone is 1. The summed E-state index contributed by atoms with van der Waals surface area (Å²) in [5, 5.41) is 9.06. The highest BCUT2D eigenvalue weighted by Gasteiger charge is 2.35. The Morgan fingerprint density at radius 2 is 1.56 bits per heavy atom. The van der Waals surface area contributed by atoms with E-state index in [0.29, 0.717) is 6.42 Å². The Balaban J connectivity index is 5.65. The molecule has 0 heterocycles. The van der Waals surface area contributed by atoms with E-state index in [1.165, 1.54) is 6.08 Å². The molecule has 0 aromatic rings. The molecule has 1 N–H and O–H groups in total.